The van der Waals surface area contributed by atoms with Gasteiger partial charge in [0.2, 0.25) is 5.91 Å². The van der Waals surface area contributed by atoms with E-state index in [-0.39, 0.29) is 16.7 Å². The number of hydrogen-bond donors (Lipinski definition) is 2. The molecule has 2 fully saturated rings. The molecule has 2 aliphatic rings. The fraction of sp³-hybridized carbons (Fsp3) is 0.474. The molecule has 2 aromatic rings. The van der Waals surface area contributed by atoms with Gasteiger partial charge in [-0.15, -0.1) is 11.3 Å². The summed E-state index contributed by atoms with van der Waals surface area (Å²) in [6.45, 7) is 0.618. The number of carbonyl (C=O) groups is 1. The van der Waals surface area contributed by atoms with Crippen molar-refractivity contribution >= 4 is 22.4 Å². The van der Waals surface area contributed by atoms with Crippen LogP contribution in [0.5, 0.6) is 0 Å². The van der Waals surface area contributed by atoms with Gasteiger partial charge in [0.25, 0.3) is 0 Å². The number of anilines is 1. The van der Waals surface area contributed by atoms with Crippen molar-refractivity contribution in [1.29, 1.82) is 0 Å². The maximum atomic E-state index is 13.1. The molecule has 0 bridgehead atoms. The molecular formula is C19H23N3OS. The van der Waals surface area contributed by atoms with Gasteiger partial charge in [-0.3, -0.25) is 4.79 Å². The minimum atomic E-state index is -0.314. The molecule has 4 rings (SSSR count). The number of rotatable bonds is 5. The molecule has 0 radical (unpaired) electrons. The summed E-state index contributed by atoms with van der Waals surface area (Å²) in [6.07, 6.45) is 6.59. The third-order valence-corrected chi connectivity index (χ3v) is 6.56. The van der Waals surface area contributed by atoms with Crippen molar-refractivity contribution in [2.24, 2.45) is 5.41 Å². The van der Waals surface area contributed by atoms with Crippen LogP contribution in [0, 0.1) is 5.41 Å². The second kappa shape index (κ2) is 5.88. The van der Waals surface area contributed by atoms with Crippen molar-refractivity contribution in [2.75, 3.05) is 12.3 Å². The van der Waals surface area contributed by atoms with Gasteiger partial charge in [0, 0.05) is 18.3 Å². The zero-order chi connectivity index (χ0) is 16.6. The highest BCUT2D eigenvalue weighted by Gasteiger charge is 2.72. The molecule has 2 aliphatic carbocycles. The molecule has 3 N–H and O–H groups in total. The first-order valence-corrected chi connectivity index (χ1v) is 9.58. The Kier molecular flexibility index (Phi) is 3.83. The molecule has 4 nitrogen and oxygen atoms in total. The maximum absolute atomic E-state index is 13.1. The fourth-order valence-electron chi connectivity index (χ4n) is 4.59. The third kappa shape index (κ3) is 2.42. The second-order valence-corrected chi connectivity index (χ2v) is 8.01. The molecule has 24 heavy (non-hydrogen) atoms. The van der Waals surface area contributed by atoms with E-state index in [1.54, 1.807) is 0 Å². The fourth-order valence-corrected chi connectivity index (χ4v) is 5.19. The summed E-state index contributed by atoms with van der Waals surface area (Å²) in [5.41, 5.74) is 7.69. The summed E-state index contributed by atoms with van der Waals surface area (Å²) in [4.78, 5) is 17.4. The molecule has 1 aromatic heterocycles. The van der Waals surface area contributed by atoms with E-state index in [1.807, 2.05) is 23.6 Å². The van der Waals surface area contributed by atoms with Crippen molar-refractivity contribution in [2.45, 2.75) is 43.9 Å². The van der Waals surface area contributed by atoms with Gasteiger partial charge in [-0.2, -0.15) is 0 Å². The highest BCUT2D eigenvalue weighted by molar-refractivity contribution is 7.13. The van der Waals surface area contributed by atoms with Gasteiger partial charge < -0.3 is 11.1 Å². The highest BCUT2D eigenvalue weighted by Crippen LogP contribution is 2.72. The zero-order valence-corrected chi connectivity index (χ0v) is 14.6. The largest absolute Gasteiger partial charge is 0.375 e. The van der Waals surface area contributed by atoms with E-state index < -0.39 is 0 Å². The molecule has 126 valence electrons. The Hall–Kier alpha value is -1.88. The average Bonchev–Trinajstić information content (AvgIpc) is 2.88. The SMILES string of the molecule is Nc1nc(CCNC(=O)[C@]2(c3ccccc3)CC23CCCC3)cs1. The molecule has 0 aliphatic heterocycles. The van der Waals surface area contributed by atoms with Gasteiger partial charge in [-0.05, 0) is 30.2 Å². The number of nitrogens with zero attached hydrogens (tertiary/aromatic N) is 1. The van der Waals surface area contributed by atoms with E-state index in [1.165, 1.54) is 42.6 Å². The molecule has 0 saturated heterocycles. The minimum Gasteiger partial charge on any atom is -0.375 e. The number of nitrogens with two attached hydrogens (primary N) is 1. The van der Waals surface area contributed by atoms with Crippen LogP contribution in [-0.2, 0) is 16.6 Å². The molecule has 5 heteroatoms. The number of aromatic nitrogens is 1. The Morgan fingerprint density at radius 3 is 2.67 bits per heavy atom. The lowest BCUT2D eigenvalue weighted by Gasteiger charge is -2.22. The van der Waals surface area contributed by atoms with Crippen LogP contribution in [0.25, 0.3) is 0 Å². The average molecular weight is 341 g/mol. The van der Waals surface area contributed by atoms with Crippen LogP contribution in [0.4, 0.5) is 5.13 Å². The number of nitrogens with one attached hydrogen (secondary N) is 1. The summed E-state index contributed by atoms with van der Waals surface area (Å²) in [6, 6.07) is 10.3. The Morgan fingerprint density at radius 2 is 2.00 bits per heavy atom. The molecule has 1 aromatic carbocycles. The molecular weight excluding hydrogens is 318 g/mol. The highest BCUT2D eigenvalue weighted by atomic mass is 32.1. The van der Waals surface area contributed by atoms with Crippen LogP contribution in [0.1, 0.15) is 43.4 Å². The summed E-state index contributed by atoms with van der Waals surface area (Å²) in [5, 5.41) is 5.73. The first-order chi connectivity index (χ1) is 11.7. The predicted octanol–water partition coefficient (Wildman–Crippen LogP) is 3.29. The van der Waals surface area contributed by atoms with Gasteiger partial charge in [-0.25, -0.2) is 4.98 Å². The van der Waals surface area contributed by atoms with Crippen LogP contribution < -0.4 is 11.1 Å². The molecule has 0 unspecified atom stereocenters. The lowest BCUT2D eigenvalue weighted by molar-refractivity contribution is -0.124. The van der Waals surface area contributed by atoms with Crippen LogP contribution in [0.15, 0.2) is 35.7 Å². The summed E-state index contributed by atoms with van der Waals surface area (Å²) < 4.78 is 0. The number of thiazole rings is 1. The number of nitrogen functional groups attached to an aromatic ring is 1. The Balaban J connectivity index is 1.49. The Bertz CT molecular complexity index is 736. The second-order valence-electron chi connectivity index (χ2n) is 7.12. The van der Waals surface area contributed by atoms with E-state index in [0.29, 0.717) is 11.7 Å². The van der Waals surface area contributed by atoms with Crippen LogP contribution in [-0.4, -0.2) is 17.4 Å². The third-order valence-electron chi connectivity index (χ3n) is 5.83. The van der Waals surface area contributed by atoms with Crippen molar-refractivity contribution in [3.63, 3.8) is 0 Å². The predicted molar refractivity (Wildman–Crippen MR) is 96.9 cm³/mol. The van der Waals surface area contributed by atoms with E-state index in [9.17, 15) is 4.79 Å². The zero-order valence-electron chi connectivity index (χ0n) is 13.8. The molecule has 1 spiro atoms. The first-order valence-electron chi connectivity index (χ1n) is 8.70. The molecule has 1 amide bonds. The maximum Gasteiger partial charge on any atom is 0.231 e. The van der Waals surface area contributed by atoms with Crippen LogP contribution in [0.3, 0.4) is 0 Å². The van der Waals surface area contributed by atoms with Crippen molar-refractivity contribution in [3.8, 4) is 0 Å². The molecule has 1 atom stereocenters. The smallest absolute Gasteiger partial charge is 0.231 e. The number of benzene rings is 1. The van der Waals surface area contributed by atoms with Gasteiger partial charge in [0.1, 0.15) is 0 Å². The number of hydrogen-bond acceptors (Lipinski definition) is 4. The summed E-state index contributed by atoms with van der Waals surface area (Å²) in [5.74, 6) is 0.193. The lowest BCUT2D eigenvalue weighted by Crippen LogP contribution is -2.39. The monoisotopic (exact) mass is 341 g/mol. The topological polar surface area (TPSA) is 68.0 Å². The van der Waals surface area contributed by atoms with Crippen molar-refractivity contribution < 1.29 is 4.79 Å². The van der Waals surface area contributed by atoms with E-state index in [2.05, 4.69) is 22.4 Å². The standard InChI is InChI=1S/C19H23N3OS/c20-17-22-15(12-24-17)8-11-21-16(23)19(14-6-2-1-3-7-14)13-18(19)9-4-5-10-18/h1-3,6-7,12H,4-5,8-11,13H2,(H2,20,22)(H,21,23)/t19-/m1/s1. The number of carbonyl (C=O) groups excluding carboxylic acids is 1. The van der Waals surface area contributed by atoms with Gasteiger partial charge in [0.15, 0.2) is 5.13 Å². The van der Waals surface area contributed by atoms with Gasteiger partial charge in [0.05, 0.1) is 11.1 Å². The van der Waals surface area contributed by atoms with Crippen LogP contribution in [0.2, 0.25) is 0 Å². The van der Waals surface area contributed by atoms with E-state index >= 15 is 0 Å². The summed E-state index contributed by atoms with van der Waals surface area (Å²) in [7, 11) is 0. The lowest BCUT2D eigenvalue weighted by atomic mass is 9.84. The van der Waals surface area contributed by atoms with Gasteiger partial charge >= 0.3 is 0 Å². The minimum absolute atomic E-state index is 0.193. The van der Waals surface area contributed by atoms with Crippen molar-refractivity contribution in [3.05, 3.63) is 47.0 Å². The van der Waals surface area contributed by atoms with E-state index in [0.717, 1.165) is 18.5 Å². The van der Waals surface area contributed by atoms with Gasteiger partial charge in [-0.1, -0.05) is 43.2 Å². The number of amides is 1. The Labute approximate surface area is 146 Å². The normalized spacial score (nSPS) is 24.2. The first kappa shape index (κ1) is 15.6. The van der Waals surface area contributed by atoms with Crippen LogP contribution >= 0.6 is 11.3 Å². The Morgan fingerprint density at radius 1 is 1.25 bits per heavy atom. The molecule has 2 saturated carbocycles. The van der Waals surface area contributed by atoms with E-state index in [4.69, 9.17) is 5.73 Å². The van der Waals surface area contributed by atoms with Crippen molar-refractivity contribution in [1.82, 2.24) is 10.3 Å². The molecule has 1 heterocycles. The summed E-state index contributed by atoms with van der Waals surface area (Å²) >= 11 is 1.45. The quantitative estimate of drug-likeness (QED) is 0.877.